The molecule has 0 bridgehead atoms. The lowest BCUT2D eigenvalue weighted by Gasteiger charge is -2.18. The first kappa shape index (κ1) is 12.7. The minimum atomic E-state index is 0.322. The fourth-order valence-electron chi connectivity index (χ4n) is 2.03. The van der Waals surface area contributed by atoms with Crippen molar-refractivity contribution in [1.82, 2.24) is 15.0 Å². The molecule has 1 N–H and O–H groups in total. The molecule has 1 aliphatic heterocycles. The van der Waals surface area contributed by atoms with Crippen molar-refractivity contribution in [1.29, 1.82) is 0 Å². The summed E-state index contributed by atoms with van der Waals surface area (Å²) < 4.78 is 0. The third-order valence-corrected chi connectivity index (χ3v) is 4.16. The predicted molar refractivity (Wildman–Crippen MR) is 78.5 cm³/mol. The van der Waals surface area contributed by atoms with Crippen molar-refractivity contribution in [2.24, 2.45) is 0 Å². The van der Waals surface area contributed by atoms with Gasteiger partial charge >= 0.3 is 0 Å². The van der Waals surface area contributed by atoms with E-state index < -0.39 is 0 Å². The smallest absolute Gasteiger partial charge is 0.224 e. The normalized spacial score (nSPS) is 13.9. The van der Waals surface area contributed by atoms with Gasteiger partial charge in [-0.15, -0.1) is 0 Å². The summed E-state index contributed by atoms with van der Waals surface area (Å²) in [6.07, 6.45) is 4.54. The molecule has 2 aromatic heterocycles. The Kier molecular flexibility index (Phi) is 3.84. The van der Waals surface area contributed by atoms with Crippen molar-refractivity contribution in [3.63, 3.8) is 0 Å². The van der Waals surface area contributed by atoms with Gasteiger partial charge in [0.25, 0.3) is 0 Å². The van der Waals surface area contributed by atoms with Gasteiger partial charge in [0.2, 0.25) is 5.28 Å². The number of hydrogen-bond donors (Lipinski definition) is 1. The molecule has 0 amide bonds. The minimum Gasteiger partial charge on any atom is -0.366 e. The number of nitrogens with one attached hydrogen (secondary N) is 1. The maximum absolute atomic E-state index is 5.98. The van der Waals surface area contributed by atoms with E-state index in [1.165, 1.54) is 11.1 Å². The molecule has 98 valence electrons. The van der Waals surface area contributed by atoms with E-state index >= 15 is 0 Å². The van der Waals surface area contributed by atoms with Crippen LogP contribution in [0.4, 0.5) is 5.82 Å². The second kappa shape index (κ2) is 5.75. The van der Waals surface area contributed by atoms with Crippen LogP contribution in [-0.2, 0) is 18.7 Å². The topological polar surface area (TPSA) is 50.7 Å². The fraction of sp³-hybridized carbons (Fsp3) is 0.308. The van der Waals surface area contributed by atoms with Gasteiger partial charge in [-0.2, -0.15) is 11.8 Å². The number of pyridine rings is 1. The molecule has 0 fully saturated rings. The average Bonchev–Trinajstić information content (AvgIpc) is 2.45. The zero-order chi connectivity index (χ0) is 13.1. The largest absolute Gasteiger partial charge is 0.366 e. The maximum Gasteiger partial charge on any atom is 0.224 e. The van der Waals surface area contributed by atoms with Crippen molar-refractivity contribution < 1.29 is 0 Å². The molecule has 1 aliphatic rings. The Morgan fingerprint density at radius 2 is 2.11 bits per heavy atom. The van der Waals surface area contributed by atoms with E-state index in [-0.39, 0.29) is 0 Å². The van der Waals surface area contributed by atoms with Gasteiger partial charge < -0.3 is 5.32 Å². The summed E-state index contributed by atoms with van der Waals surface area (Å²) in [5, 5.41) is 3.68. The Labute approximate surface area is 121 Å². The Hall–Kier alpha value is -1.33. The summed E-state index contributed by atoms with van der Waals surface area (Å²) in [5.41, 5.74) is 3.44. The molecule has 0 unspecified atom stereocenters. The third-order valence-electron chi connectivity index (χ3n) is 3.00. The first-order valence-corrected chi connectivity index (χ1v) is 7.62. The zero-order valence-corrected chi connectivity index (χ0v) is 11.8. The highest BCUT2D eigenvalue weighted by Gasteiger charge is 2.17. The molecule has 2 aromatic rings. The summed E-state index contributed by atoms with van der Waals surface area (Å²) in [6, 6.07) is 3.97. The number of aromatic nitrogens is 3. The van der Waals surface area contributed by atoms with Crippen LogP contribution in [0.25, 0.3) is 0 Å². The number of anilines is 1. The van der Waals surface area contributed by atoms with Crippen LogP contribution in [0.15, 0.2) is 24.5 Å². The minimum absolute atomic E-state index is 0.322. The van der Waals surface area contributed by atoms with E-state index in [2.05, 4.69) is 20.3 Å². The van der Waals surface area contributed by atoms with E-state index in [1.54, 1.807) is 12.4 Å². The van der Waals surface area contributed by atoms with Crippen LogP contribution in [0.1, 0.15) is 16.8 Å². The molecule has 4 nitrogen and oxygen atoms in total. The monoisotopic (exact) mass is 292 g/mol. The quantitative estimate of drug-likeness (QED) is 0.882. The number of thioether (sulfide) groups is 1. The molecular weight excluding hydrogens is 280 g/mol. The van der Waals surface area contributed by atoms with E-state index in [0.29, 0.717) is 11.8 Å². The van der Waals surface area contributed by atoms with Gasteiger partial charge in [0, 0.05) is 30.3 Å². The summed E-state index contributed by atoms with van der Waals surface area (Å²) in [6.45, 7) is 0.715. The summed E-state index contributed by atoms with van der Waals surface area (Å²) in [4.78, 5) is 12.6. The van der Waals surface area contributed by atoms with E-state index in [9.17, 15) is 0 Å². The van der Waals surface area contributed by atoms with Crippen molar-refractivity contribution in [2.75, 3.05) is 11.1 Å². The number of fused-ring (bicyclic) bond motifs is 1. The van der Waals surface area contributed by atoms with Gasteiger partial charge in [-0.3, -0.25) is 4.98 Å². The number of aryl methyl sites for hydroxylation is 1. The second-order valence-electron chi connectivity index (χ2n) is 4.28. The predicted octanol–water partition coefficient (Wildman–Crippen LogP) is 2.93. The number of rotatable bonds is 3. The van der Waals surface area contributed by atoms with Crippen molar-refractivity contribution in [2.45, 2.75) is 18.7 Å². The van der Waals surface area contributed by atoms with Crippen molar-refractivity contribution in [3.05, 3.63) is 46.6 Å². The molecule has 6 heteroatoms. The fourth-order valence-corrected chi connectivity index (χ4v) is 3.21. The SMILES string of the molecule is Clc1nc2c(c(NCc3ccncc3)n1)CSCC2. The highest BCUT2D eigenvalue weighted by Crippen LogP contribution is 2.29. The van der Waals surface area contributed by atoms with Gasteiger partial charge in [-0.25, -0.2) is 9.97 Å². The summed E-state index contributed by atoms with van der Waals surface area (Å²) >= 11 is 7.89. The van der Waals surface area contributed by atoms with Gasteiger partial charge in [-0.05, 0) is 41.5 Å². The number of nitrogens with zero attached hydrogens (tertiary/aromatic N) is 3. The molecule has 0 spiro atoms. The Morgan fingerprint density at radius 1 is 1.26 bits per heavy atom. The maximum atomic E-state index is 5.98. The highest BCUT2D eigenvalue weighted by atomic mass is 35.5. The lowest BCUT2D eigenvalue weighted by atomic mass is 10.2. The van der Waals surface area contributed by atoms with Crippen molar-refractivity contribution in [3.8, 4) is 0 Å². The summed E-state index contributed by atoms with van der Waals surface area (Å²) in [7, 11) is 0. The van der Waals surface area contributed by atoms with Crippen molar-refractivity contribution >= 4 is 29.2 Å². The molecule has 0 atom stereocenters. The molecule has 0 saturated carbocycles. The lowest BCUT2D eigenvalue weighted by molar-refractivity contribution is 0.945. The number of hydrogen-bond acceptors (Lipinski definition) is 5. The van der Waals surface area contributed by atoms with Crippen LogP contribution in [0.5, 0.6) is 0 Å². The molecular formula is C13H13ClN4S. The lowest BCUT2D eigenvalue weighted by Crippen LogP contribution is -2.12. The Balaban J connectivity index is 1.82. The molecule has 0 aromatic carbocycles. The molecule has 0 saturated heterocycles. The molecule has 0 aliphatic carbocycles. The van der Waals surface area contributed by atoms with Crippen LogP contribution in [-0.4, -0.2) is 20.7 Å². The van der Waals surface area contributed by atoms with Crippen LogP contribution in [0.3, 0.4) is 0 Å². The molecule has 3 rings (SSSR count). The first-order chi connectivity index (χ1) is 9.33. The van der Waals surface area contributed by atoms with Crippen LogP contribution >= 0.6 is 23.4 Å². The van der Waals surface area contributed by atoms with E-state index in [1.807, 2.05) is 23.9 Å². The van der Waals surface area contributed by atoms with Gasteiger partial charge in [0.1, 0.15) is 5.82 Å². The molecule has 0 radical (unpaired) electrons. The van der Waals surface area contributed by atoms with Crippen LogP contribution in [0.2, 0.25) is 5.28 Å². The van der Waals surface area contributed by atoms with Gasteiger partial charge in [0.05, 0.1) is 5.69 Å². The molecule has 19 heavy (non-hydrogen) atoms. The van der Waals surface area contributed by atoms with E-state index in [4.69, 9.17) is 11.6 Å². The first-order valence-electron chi connectivity index (χ1n) is 6.09. The highest BCUT2D eigenvalue weighted by molar-refractivity contribution is 7.98. The standard InChI is InChI=1S/C13H13ClN4S/c14-13-17-11-3-6-19-8-10(11)12(18-13)16-7-9-1-4-15-5-2-9/h1-2,4-5H,3,6-8H2,(H,16,17,18). The third kappa shape index (κ3) is 2.98. The van der Waals surface area contributed by atoms with Gasteiger partial charge in [0.15, 0.2) is 0 Å². The van der Waals surface area contributed by atoms with Crippen LogP contribution < -0.4 is 5.32 Å². The Bertz CT molecular complexity index is 576. The molecule has 3 heterocycles. The Morgan fingerprint density at radius 3 is 2.95 bits per heavy atom. The zero-order valence-electron chi connectivity index (χ0n) is 10.3. The summed E-state index contributed by atoms with van der Waals surface area (Å²) in [5.74, 6) is 2.91. The van der Waals surface area contributed by atoms with Crippen LogP contribution in [0, 0.1) is 0 Å². The van der Waals surface area contributed by atoms with Gasteiger partial charge in [-0.1, -0.05) is 0 Å². The second-order valence-corrected chi connectivity index (χ2v) is 5.72. The average molecular weight is 293 g/mol. The van der Waals surface area contributed by atoms with E-state index in [0.717, 1.165) is 29.4 Å². The number of halogens is 1.